The van der Waals surface area contributed by atoms with E-state index in [1.807, 2.05) is 20.8 Å². The molecule has 0 spiro atoms. The number of hydrogen-bond acceptors (Lipinski definition) is 13. The number of rotatable bonds is 7. The molecule has 0 radical (unpaired) electrons. The minimum absolute atomic E-state index is 0. The Balaban J connectivity index is -0.000000263. The Morgan fingerprint density at radius 1 is 0.542 bits per heavy atom. The first-order chi connectivity index (χ1) is 20.2. The first-order valence-corrected chi connectivity index (χ1v) is 17.5. The van der Waals surface area contributed by atoms with Gasteiger partial charge in [-0.1, -0.05) is 53.1 Å². The van der Waals surface area contributed by atoms with Crippen LogP contribution in [0.1, 0.15) is 23.1 Å². The van der Waals surface area contributed by atoms with Crippen LogP contribution in [-0.4, -0.2) is 79.3 Å². The standard InChI is InChI=1S/3C7H8O3S.C4H6O7S.3Na/c3*1-6-2-4-7(5-3-6)11(8,9)10;5-3(6)1-2(4(7)8)12(9,10)11;;;/h3*2-5H,1H3,(H,8,9,10);2H,1H2,(H,5,6)(H,7,8)(H,9,10,11);;;/q;;;;3*+1/p-3. The summed E-state index contributed by atoms with van der Waals surface area (Å²) in [4.78, 5) is 19.5. The monoisotopic (exact) mass is 780 g/mol. The molecule has 3 aromatic rings. The molecular formula is C25H27Na3O16S4. The van der Waals surface area contributed by atoms with Crippen molar-refractivity contribution in [3.05, 3.63) is 89.5 Å². The fourth-order valence-electron chi connectivity index (χ4n) is 2.59. The fourth-order valence-corrected chi connectivity index (χ4v) is 4.61. The Hall–Kier alpha value is -0.760. The molecule has 3 rings (SSSR count). The molecule has 48 heavy (non-hydrogen) atoms. The molecule has 0 aromatic heterocycles. The van der Waals surface area contributed by atoms with Gasteiger partial charge in [-0.3, -0.25) is 14.1 Å². The van der Waals surface area contributed by atoms with Gasteiger partial charge < -0.3 is 23.9 Å². The first-order valence-electron chi connectivity index (χ1n) is 11.7. The molecule has 23 heteroatoms. The van der Waals surface area contributed by atoms with Crippen molar-refractivity contribution in [2.75, 3.05) is 0 Å². The summed E-state index contributed by atoms with van der Waals surface area (Å²) in [5, 5.41) is 13.9. The van der Waals surface area contributed by atoms with E-state index >= 15 is 0 Å². The summed E-state index contributed by atoms with van der Waals surface area (Å²) in [5.74, 6) is -3.50. The van der Waals surface area contributed by atoms with Crippen molar-refractivity contribution in [1.29, 1.82) is 0 Å². The summed E-state index contributed by atoms with van der Waals surface area (Å²) in [5.41, 5.74) is 2.78. The van der Waals surface area contributed by atoms with E-state index in [0.717, 1.165) is 16.7 Å². The predicted molar refractivity (Wildman–Crippen MR) is 153 cm³/mol. The van der Waals surface area contributed by atoms with Crippen LogP contribution in [0.3, 0.4) is 0 Å². The summed E-state index contributed by atoms with van der Waals surface area (Å²) in [7, 11) is -17.6. The molecule has 0 saturated carbocycles. The van der Waals surface area contributed by atoms with Gasteiger partial charge >= 0.3 is 101 Å². The number of carbonyl (C=O) groups is 2. The molecule has 0 bridgehead atoms. The fraction of sp³-hybridized carbons (Fsp3) is 0.200. The second kappa shape index (κ2) is 23.7. The minimum atomic E-state index is -4.84. The molecule has 0 saturated heterocycles. The van der Waals surface area contributed by atoms with Crippen LogP contribution in [0.4, 0.5) is 0 Å². The van der Waals surface area contributed by atoms with Crippen molar-refractivity contribution >= 4 is 52.4 Å². The summed E-state index contributed by atoms with van der Waals surface area (Å²) in [6.45, 7) is 5.46. The number of carboxylic acids is 2. The van der Waals surface area contributed by atoms with Gasteiger partial charge in [-0.2, -0.15) is 8.42 Å². The summed E-state index contributed by atoms with van der Waals surface area (Å²) in [6, 6.07) is 17.3. The van der Waals surface area contributed by atoms with Crippen molar-refractivity contribution < 1.29 is 160 Å². The smallest absolute Gasteiger partial charge is 0.744 e. The van der Waals surface area contributed by atoms with Gasteiger partial charge in [0.1, 0.15) is 30.4 Å². The van der Waals surface area contributed by atoms with Gasteiger partial charge in [0.05, 0.1) is 21.1 Å². The molecule has 0 amide bonds. The molecule has 3 aromatic carbocycles. The van der Waals surface area contributed by atoms with Crippen molar-refractivity contribution in [3.63, 3.8) is 0 Å². The first kappa shape index (κ1) is 54.0. The van der Waals surface area contributed by atoms with Crippen LogP contribution in [0.5, 0.6) is 0 Å². The van der Waals surface area contributed by atoms with E-state index in [4.69, 9.17) is 14.8 Å². The zero-order valence-electron chi connectivity index (χ0n) is 26.5. The zero-order valence-corrected chi connectivity index (χ0v) is 35.8. The van der Waals surface area contributed by atoms with Gasteiger partial charge in [0.15, 0.2) is 5.25 Å². The van der Waals surface area contributed by atoms with Crippen LogP contribution in [0, 0.1) is 20.8 Å². The quantitative estimate of drug-likeness (QED) is 0.148. The van der Waals surface area contributed by atoms with Crippen LogP contribution >= 0.6 is 0 Å². The third kappa shape index (κ3) is 23.6. The van der Waals surface area contributed by atoms with Gasteiger partial charge in [-0.25, -0.2) is 25.3 Å². The molecule has 250 valence electrons. The van der Waals surface area contributed by atoms with E-state index < -0.39 is 64.1 Å². The average Bonchev–Trinajstić information content (AvgIpc) is 2.87. The van der Waals surface area contributed by atoms with Crippen molar-refractivity contribution in [2.24, 2.45) is 0 Å². The number of benzene rings is 3. The Kier molecular flexibility index (Phi) is 26.6. The Bertz CT molecular complexity index is 1710. The second-order valence-corrected chi connectivity index (χ2v) is 14.5. The van der Waals surface area contributed by atoms with E-state index in [0.29, 0.717) is 0 Å². The van der Waals surface area contributed by atoms with Gasteiger partial charge in [0, 0.05) is 0 Å². The summed E-state index contributed by atoms with van der Waals surface area (Å²) >= 11 is 0. The average molecular weight is 781 g/mol. The molecule has 0 aliphatic carbocycles. The van der Waals surface area contributed by atoms with E-state index in [9.17, 15) is 56.9 Å². The molecule has 1 atom stereocenters. The molecule has 0 heterocycles. The molecule has 16 nitrogen and oxygen atoms in total. The van der Waals surface area contributed by atoms with E-state index in [-0.39, 0.29) is 103 Å². The minimum Gasteiger partial charge on any atom is -0.744 e. The van der Waals surface area contributed by atoms with Gasteiger partial charge in [0.2, 0.25) is 0 Å². The van der Waals surface area contributed by atoms with Crippen molar-refractivity contribution in [2.45, 2.75) is 47.1 Å². The summed E-state index contributed by atoms with van der Waals surface area (Å²) < 4.78 is 122. The largest absolute Gasteiger partial charge is 1.00 e. The van der Waals surface area contributed by atoms with Crippen LogP contribution in [-0.2, 0) is 50.1 Å². The van der Waals surface area contributed by atoms with Gasteiger partial charge in [0.25, 0.3) is 10.1 Å². The third-order valence-corrected chi connectivity index (χ3v) is 8.56. The molecule has 3 N–H and O–H groups in total. The Labute approximate surface area is 345 Å². The van der Waals surface area contributed by atoms with Crippen LogP contribution in [0.15, 0.2) is 87.5 Å². The molecule has 0 fully saturated rings. The second-order valence-electron chi connectivity index (χ2n) is 8.74. The maximum atomic E-state index is 10.4. The summed E-state index contributed by atoms with van der Waals surface area (Å²) in [6.07, 6.45) is -1.16. The van der Waals surface area contributed by atoms with Gasteiger partial charge in [-0.05, 0) is 57.2 Å². The normalized spacial score (nSPS) is 11.3. The SMILES string of the molecule is Cc1ccc(S(=O)(=O)[O-])cc1.Cc1ccc(S(=O)(=O)[O-])cc1.Cc1ccc(S(=O)(=O)[O-])cc1.O=C(O)CC(C(=O)O)S(=O)(=O)O.[Na+].[Na+].[Na+]. The third-order valence-electron chi connectivity index (χ3n) is 4.92. The maximum absolute atomic E-state index is 10.4. The van der Waals surface area contributed by atoms with Crippen LogP contribution in [0.2, 0.25) is 0 Å². The predicted octanol–water partition coefficient (Wildman–Crippen LogP) is -7.49. The van der Waals surface area contributed by atoms with Crippen molar-refractivity contribution in [1.82, 2.24) is 0 Å². The topological polar surface area (TPSA) is 301 Å². The Morgan fingerprint density at radius 2 is 0.750 bits per heavy atom. The number of carboxylic acid groups (broad SMARTS) is 2. The van der Waals surface area contributed by atoms with Crippen LogP contribution < -0.4 is 88.7 Å². The van der Waals surface area contributed by atoms with Crippen molar-refractivity contribution in [3.8, 4) is 0 Å². The maximum Gasteiger partial charge on any atom is 1.00 e. The number of aliphatic carboxylic acids is 2. The van der Waals surface area contributed by atoms with E-state index in [1.165, 1.54) is 36.4 Å². The van der Waals surface area contributed by atoms with Crippen LogP contribution in [0.25, 0.3) is 0 Å². The number of hydrogen-bond donors (Lipinski definition) is 3. The van der Waals surface area contributed by atoms with E-state index in [1.54, 1.807) is 36.4 Å². The molecule has 0 aliphatic rings. The number of aryl methyl sites for hydroxylation is 3. The molecular weight excluding hydrogens is 753 g/mol. The zero-order chi connectivity index (χ0) is 35.4. The van der Waals surface area contributed by atoms with Gasteiger partial charge in [-0.15, -0.1) is 0 Å². The van der Waals surface area contributed by atoms with E-state index in [2.05, 4.69) is 0 Å². The molecule has 1 unspecified atom stereocenters. The Morgan fingerprint density at radius 3 is 0.854 bits per heavy atom. The molecule has 0 aliphatic heterocycles.